The van der Waals surface area contributed by atoms with E-state index >= 15 is 0 Å². The van der Waals surface area contributed by atoms with E-state index in [2.05, 4.69) is 21.7 Å². The number of nitrogens with one attached hydrogen (secondary N) is 1. The van der Waals surface area contributed by atoms with Crippen LogP contribution in [-0.2, 0) is 22.5 Å². The molecule has 2 amide bonds. The summed E-state index contributed by atoms with van der Waals surface area (Å²) in [5, 5.41) is 3.26. The molecule has 210 valence electrons. The first-order valence-corrected chi connectivity index (χ1v) is 14.6. The topological polar surface area (TPSA) is 79.7 Å². The summed E-state index contributed by atoms with van der Waals surface area (Å²) in [4.78, 5) is 34.4. The molecule has 3 fully saturated rings. The van der Waals surface area contributed by atoms with Crippen LogP contribution in [0.3, 0.4) is 0 Å². The number of hydrogen-bond acceptors (Lipinski definition) is 5. The predicted octanol–water partition coefficient (Wildman–Crippen LogP) is 4.67. The first kappa shape index (κ1) is 26.3. The van der Waals surface area contributed by atoms with Crippen molar-refractivity contribution in [3.05, 3.63) is 52.9 Å². The molecule has 8 nitrogen and oxygen atoms in total. The predicted molar refractivity (Wildman–Crippen MR) is 145 cm³/mol. The van der Waals surface area contributed by atoms with E-state index in [9.17, 15) is 14.0 Å². The van der Waals surface area contributed by atoms with Gasteiger partial charge in [-0.15, -0.1) is 0 Å². The van der Waals surface area contributed by atoms with E-state index in [0.29, 0.717) is 31.2 Å². The summed E-state index contributed by atoms with van der Waals surface area (Å²) in [5.74, 6) is 0.988. The third-order valence-electron chi connectivity index (χ3n) is 9.61. The number of hydrogen-bond donors (Lipinski definition) is 1. The van der Waals surface area contributed by atoms with Gasteiger partial charge in [0.2, 0.25) is 5.91 Å². The van der Waals surface area contributed by atoms with Crippen LogP contribution in [0.5, 0.6) is 0 Å². The normalized spacial score (nSPS) is 25.6. The standard InChI is InChI=1S/C30H40FN5O3/c1-19-32-27-11-13-34(30(38)39-2)18-28(27)36(19)25-16-23-9-10-24(17-25)35(23)14-12-26(21-7-4-8-22(31)15-21)33-29(37)20-5-3-6-20/h4,7-8,15,20,23-26H,3,5-6,9-14,16-18H2,1-2H3,(H,33,37)/t23-,24+,25+,26-/m0/s1. The van der Waals surface area contributed by atoms with Crippen LogP contribution in [0.4, 0.5) is 9.18 Å². The zero-order valence-electron chi connectivity index (χ0n) is 23.1. The van der Waals surface area contributed by atoms with Gasteiger partial charge in [-0.1, -0.05) is 18.6 Å². The average Bonchev–Trinajstić information content (AvgIpc) is 3.34. The minimum Gasteiger partial charge on any atom is -0.453 e. The molecule has 0 radical (unpaired) electrons. The zero-order chi connectivity index (χ0) is 27.1. The van der Waals surface area contributed by atoms with Gasteiger partial charge >= 0.3 is 6.09 Å². The molecule has 0 spiro atoms. The second-order valence-electron chi connectivity index (χ2n) is 11.8. The van der Waals surface area contributed by atoms with Crippen LogP contribution in [0.25, 0.3) is 0 Å². The van der Waals surface area contributed by atoms with Gasteiger partial charge in [0.25, 0.3) is 0 Å². The van der Waals surface area contributed by atoms with Gasteiger partial charge in [0.05, 0.1) is 31.1 Å². The van der Waals surface area contributed by atoms with Crippen molar-refractivity contribution in [1.29, 1.82) is 0 Å². The molecule has 0 unspecified atom stereocenters. The Kier molecular flexibility index (Phi) is 7.35. The summed E-state index contributed by atoms with van der Waals surface area (Å²) in [6.07, 6.45) is 8.72. The summed E-state index contributed by atoms with van der Waals surface area (Å²) in [7, 11) is 1.44. The van der Waals surface area contributed by atoms with E-state index in [-0.39, 0.29) is 29.8 Å². The van der Waals surface area contributed by atoms with Crippen molar-refractivity contribution in [2.24, 2.45) is 5.92 Å². The monoisotopic (exact) mass is 537 g/mol. The molecule has 1 saturated carbocycles. The number of nitrogens with zero attached hydrogens (tertiary/aromatic N) is 4. The molecule has 2 aromatic rings. The molecule has 39 heavy (non-hydrogen) atoms. The number of aromatic nitrogens is 2. The lowest BCUT2D eigenvalue weighted by molar-refractivity contribution is -0.128. The summed E-state index contributed by atoms with van der Waals surface area (Å²) < 4.78 is 21.5. The molecule has 2 saturated heterocycles. The number of aryl methyl sites for hydroxylation is 1. The van der Waals surface area contributed by atoms with E-state index in [1.807, 2.05) is 6.07 Å². The van der Waals surface area contributed by atoms with Gasteiger partial charge < -0.3 is 19.5 Å². The highest BCUT2D eigenvalue weighted by atomic mass is 19.1. The quantitative estimate of drug-likeness (QED) is 0.555. The van der Waals surface area contributed by atoms with Crippen molar-refractivity contribution >= 4 is 12.0 Å². The largest absolute Gasteiger partial charge is 0.453 e. The third kappa shape index (κ3) is 5.17. The summed E-state index contributed by atoms with van der Waals surface area (Å²) >= 11 is 0. The highest BCUT2D eigenvalue weighted by molar-refractivity contribution is 5.79. The molecule has 4 aliphatic rings. The fraction of sp³-hybridized carbons (Fsp3) is 0.633. The lowest BCUT2D eigenvalue weighted by atomic mass is 9.84. The first-order valence-electron chi connectivity index (χ1n) is 14.6. The number of fused-ring (bicyclic) bond motifs is 3. The Hall–Kier alpha value is -2.94. The van der Waals surface area contributed by atoms with Gasteiger partial charge in [-0.3, -0.25) is 9.69 Å². The number of amides is 2. The number of rotatable bonds is 7. The molecule has 4 atom stereocenters. The first-order chi connectivity index (χ1) is 18.9. The van der Waals surface area contributed by atoms with E-state index in [1.165, 1.54) is 26.0 Å². The molecule has 3 aliphatic heterocycles. The van der Waals surface area contributed by atoms with Crippen LogP contribution in [0.1, 0.15) is 86.2 Å². The van der Waals surface area contributed by atoms with E-state index < -0.39 is 0 Å². The van der Waals surface area contributed by atoms with Crippen molar-refractivity contribution in [3.8, 4) is 0 Å². The lowest BCUT2D eigenvalue weighted by Gasteiger charge is -2.41. The summed E-state index contributed by atoms with van der Waals surface area (Å²) in [5.41, 5.74) is 3.12. The Balaban J connectivity index is 1.14. The summed E-state index contributed by atoms with van der Waals surface area (Å²) in [6, 6.07) is 7.82. The van der Waals surface area contributed by atoms with E-state index in [0.717, 1.165) is 74.3 Å². The highest BCUT2D eigenvalue weighted by Gasteiger charge is 2.43. The number of piperidine rings is 1. The van der Waals surface area contributed by atoms with Gasteiger partial charge in [0.1, 0.15) is 11.6 Å². The van der Waals surface area contributed by atoms with Crippen molar-refractivity contribution in [2.75, 3.05) is 20.2 Å². The van der Waals surface area contributed by atoms with E-state index in [4.69, 9.17) is 9.72 Å². The molecular weight excluding hydrogens is 497 g/mol. The van der Waals surface area contributed by atoms with Crippen LogP contribution < -0.4 is 5.32 Å². The van der Waals surface area contributed by atoms with E-state index in [1.54, 1.807) is 17.0 Å². The molecule has 1 aromatic heterocycles. The van der Waals surface area contributed by atoms with Gasteiger partial charge in [-0.25, -0.2) is 14.2 Å². The average molecular weight is 538 g/mol. The van der Waals surface area contributed by atoms with Gasteiger partial charge in [-0.2, -0.15) is 0 Å². The number of imidazole rings is 1. The second-order valence-corrected chi connectivity index (χ2v) is 11.8. The lowest BCUT2D eigenvalue weighted by Crippen LogP contribution is -2.46. The maximum atomic E-state index is 14.1. The number of benzene rings is 1. The van der Waals surface area contributed by atoms with Crippen LogP contribution in [0.15, 0.2) is 24.3 Å². The van der Waals surface area contributed by atoms with Crippen LogP contribution in [0.2, 0.25) is 0 Å². The maximum Gasteiger partial charge on any atom is 0.409 e. The SMILES string of the molecule is COC(=O)N1CCc2nc(C)n([C@H]3C[C@H]4CC[C@@H](C3)N4CC[C@H](NC(=O)C3CCC3)c3cccc(F)c3)c2C1. The minimum absolute atomic E-state index is 0.104. The zero-order valence-corrected chi connectivity index (χ0v) is 23.1. The molecule has 1 aliphatic carbocycles. The van der Waals surface area contributed by atoms with Crippen LogP contribution in [-0.4, -0.2) is 63.6 Å². The van der Waals surface area contributed by atoms with Crippen molar-refractivity contribution in [1.82, 2.24) is 24.7 Å². The Bertz CT molecular complexity index is 1210. The number of halogens is 1. The minimum atomic E-state index is -0.279. The van der Waals surface area contributed by atoms with Crippen LogP contribution >= 0.6 is 0 Å². The van der Waals surface area contributed by atoms with Crippen molar-refractivity contribution < 1.29 is 18.7 Å². The van der Waals surface area contributed by atoms with Crippen molar-refractivity contribution in [2.45, 2.75) is 95.4 Å². The van der Waals surface area contributed by atoms with Crippen LogP contribution in [0, 0.1) is 18.7 Å². The molecule has 2 bridgehead atoms. The molecule has 1 aromatic carbocycles. The smallest absolute Gasteiger partial charge is 0.409 e. The van der Waals surface area contributed by atoms with Crippen molar-refractivity contribution in [3.63, 3.8) is 0 Å². The Morgan fingerprint density at radius 2 is 1.92 bits per heavy atom. The fourth-order valence-electron chi connectivity index (χ4n) is 7.39. The Labute approximate surface area is 229 Å². The molecule has 1 N–H and O–H groups in total. The number of methoxy groups -OCH3 is 1. The number of ether oxygens (including phenoxy) is 1. The maximum absolute atomic E-state index is 14.1. The second kappa shape index (κ2) is 10.9. The number of carbonyl (C=O) groups excluding carboxylic acids is 2. The molecular formula is C30H40FN5O3. The fourth-order valence-corrected chi connectivity index (χ4v) is 7.39. The highest BCUT2D eigenvalue weighted by Crippen LogP contribution is 2.43. The molecule has 9 heteroatoms. The number of carbonyl (C=O) groups is 2. The third-order valence-corrected chi connectivity index (χ3v) is 9.61. The molecule has 4 heterocycles. The van der Waals surface area contributed by atoms with Gasteiger partial charge in [0, 0.05) is 43.6 Å². The van der Waals surface area contributed by atoms with Gasteiger partial charge in [0.15, 0.2) is 0 Å². The Morgan fingerprint density at radius 1 is 1.15 bits per heavy atom. The molecule has 6 rings (SSSR count). The summed E-state index contributed by atoms with van der Waals surface area (Å²) in [6.45, 7) is 4.16. The Morgan fingerprint density at radius 3 is 2.59 bits per heavy atom. The van der Waals surface area contributed by atoms with Gasteiger partial charge in [-0.05, 0) is 69.6 Å².